The summed E-state index contributed by atoms with van der Waals surface area (Å²) in [4.78, 5) is 14.0. The number of aromatic nitrogens is 2. The maximum absolute atomic E-state index is 12.0. The van der Waals surface area contributed by atoms with Crippen molar-refractivity contribution in [2.75, 3.05) is 18.0 Å². The molecule has 0 saturated carbocycles. The van der Waals surface area contributed by atoms with Gasteiger partial charge >= 0.3 is 18.9 Å². The molecule has 1 aliphatic rings. The fraction of sp³-hybridized carbons (Fsp3) is 0.400. The Hall–Kier alpha value is -1.96. The number of anilines is 1. The molecule has 0 aliphatic carbocycles. The molecule has 1 fully saturated rings. The Morgan fingerprint density at radius 3 is 2.03 bits per heavy atom. The number of carbonyl (C=O) groups is 1. The van der Waals surface area contributed by atoms with Crippen LogP contribution in [0.2, 0.25) is 5.04 Å². The minimum absolute atomic E-state index is 0. The Labute approximate surface area is 218 Å². The summed E-state index contributed by atoms with van der Waals surface area (Å²) in [6.07, 6.45) is 0.137. The maximum Gasteiger partial charge on any atom is 1.00 e. The van der Waals surface area contributed by atoms with Crippen molar-refractivity contribution in [1.29, 1.82) is 0 Å². The zero-order chi connectivity index (χ0) is 23.6. The van der Waals surface area contributed by atoms with E-state index in [1.54, 1.807) is 0 Å². The second-order valence-electron chi connectivity index (χ2n) is 9.66. The van der Waals surface area contributed by atoms with Crippen LogP contribution in [0.3, 0.4) is 0 Å². The van der Waals surface area contributed by atoms with Crippen LogP contribution in [0.5, 0.6) is 0 Å². The maximum atomic E-state index is 12.0. The van der Waals surface area contributed by atoms with E-state index >= 15 is 0 Å². The molecule has 0 radical (unpaired) electrons. The average molecular weight is 488 g/mol. The summed E-state index contributed by atoms with van der Waals surface area (Å²) in [6.45, 7) is 9.51. The third-order valence-corrected chi connectivity index (χ3v) is 12.3. The summed E-state index contributed by atoms with van der Waals surface area (Å²) < 4.78 is 7.22. The van der Waals surface area contributed by atoms with Gasteiger partial charge in [0.2, 0.25) is 5.13 Å². The van der Waals surface area contributed by atoms with Gasteiger partial charge in [-0.15, -0.1) is 10.2 Å². The van der Waals surface area contributed by atoms with Gasteiger partial charge in [-0.05, 0) is 28.8 Å². The Balaban J connectivity index is 0.00000324. The van der Waals surface area contributed by atoms with E-state index in [0.29, 0.717) is 19.5 Å². The van der Waals surface area contributed by atoms with Crippen molar-refractivity contribution in [3.8, 4) is 0 Å². The molecule has 174 valence electrons. The Morgan fingerprint density at radius 2 is 1.59 bits per heavy atom. The molecule has 0 unspecified atom stereocenters. The Kier molecular flexibility index (Phi) is 8.43. The third kappa shape index (κ3) is 5.32. The van der Waals surface area contributed by atoms with Crippen LogP contribution in [0.25, 0.3) is 0 Å². The van der Waals surface area contributed by atoms with E-state index in [0.717, 1.165) is 10.1 Å². The number of benzene rings is 2. The second-order valence-corrected chi connectivity index (χ2v) is 15.1. The van der Waals surface area contributed by atoms with E-state index < -0.39 is 20.2 Å². The van der Waals surface area contributed by atoms with Gasteiger partial charge in [-0.25, -0.2) is 0 Å². The third-order valence-electron chi connectivity index (χ3n) is 6.29. The quantitative estimate of drug-likeness (QED) is 0.431. The molecule has 6 nitrogen and oxygen atoms in total. The standard InChI is InChI=1S/C25H31N3O3SSi.Li/c1-18-26-27-24(32-18)28-16-19(23(29)30)15-20(17-28)31-33(25(2,3)4,21-11-7-5-8-12-21)22-13-9-6-10-14-22;/h5-14,19-20H,15-17H2,1-4H3,(H,29,30);/q;+1/p-1/t19-,20+;/m1./s1. The molecule has 0 N–H and O–H groups in total. The van der Waals surface area contributed by atoms with Crippen molar-refractivity contribution >= 4 is 41.1 Å². The summed E-state index contributed by atoms with van der Waals surface area (Å²) in [5, 5.41) is 24.1. The van der Waals surface area contributed by atoms with E-state index in [4.69, 9.17) is 4.43 Å². The van der Waals surface area contributed by atoms with E-state index in [2.05, 4.69) is 79.5 Å². The molecule has 2 atom stereocenters. The molecule has 3 aromatic rings. The van der Waals surface area contributed by atoms with Crippen molar-refractivity contribution in [1.82, 2.24) is 10.2 Å². The van der Waals surface area contributed by atoms with Crippen LogP contribution in [-0.4, -0.2) is 43.7 Å². The largest absolute Gasteiger partial charge is 1.00 e. The molecule has 2 heterocycles. The minimum atomic E-state index is -2.80. The van der Waals surface area contributed by atoms with E-state index in [-0.39, 0.29) is 30.0 Å². The van der Waals surface area contributed by atoms with Gasteiger partial charge in [-0.2, -0.15) is 0 Å². The molecule has 2 aromatic carbocycles. The van der Waals surface area contributed by atoms with Crippen LogP contribution in [0.1, 0.15) is 32.2 Å². The number of hydrogen-bond donors (Lipinski definition) is 0. The van der Waals surface area contributed by atoms with Gasteiger partial charge in [-0.1, -0.05) is 92.8 Å². The molecule has 4 rings (SSSR count). The molecule has 1 aliphatic heterocycles. The van der Waals surface area contributed by atoms with E-state index in [9.17, 15) is 9.90 Å². The summed E-state index contributed by atoms with van der Waals surface area (Å²) in [7, 11) is -2.80. The van der Waals surface area contributed by atoms with E-state index in [1.807, 2.05) is 24.0 Å². The number of hydrogen-bond acceptors (Lipinski definition) is 7. The summed E-state index contributed by atoms with van der Waals surface area (Å²) >= 11 is 1.47. The molecule has 9 heteroatoms. The molecule has 0 bridgehead atoms. The number of nitrogens with zero attached hydrogens (tertiary/aromatic N) is 3. The Morgan fingerprint density at radius 1 is 1.03 bits per heavy atom. The van der Waals surface area contributed by atoms with Crippen LogP contribution in [-0.2, 0) is 9.22 Å². The van der Waals surface area contributed by atoms with Gasteiger partial charge in [0.05, 0.1) is 6.10 Å². The van der Waals surface area contributed by atoms with Crippen molar-refractivity contribution in [2.45, 2.75) is 45.3 Å². The zero-order valence-corrected chi connectivity index (χ0v) is 22.3. The summed E-state index contributed by atoms with van der Waals surface area (Å²) in [6, 6.07) is 20.8. The number of piperidine rings is 1. The fourth-order valence-electron chi connectivity index (χ4n) is 4.82. The first-order valence-corrected chi connectivity index (χ1v) is 14.0. The number of carboxylic acid groups (broad SMARTS) is 1. The minimum Gasteiger partial charge on any atom is -0.550 e. The van der Waals surface area contributed by atoms with Gasteiger partial charge in [0.1, 0.15) is 5.01 Å². The summed E-state index contributed by atoms with van der Waals surface area (Å²) in [5.41, 5.74) is 0. The topological polar surface area (TPSA) is 78.4 Å². The number of carbonyl (C=O) groups excluding carboxylic acids is 1. The molecule has 0 spiro atoms. The van der Waals surface area contributed by atoms with Crippen molar-refractivity contribution in [2.24, 2.45) is 5.92 Å². The number of aryl methyl sites for hydroxylation is 1. The first-order chi connectivity index (χ1) is 15.7. The SMILES string of the molecule is Cc1nnc(N2C[C@@H](O[Si](c3ccccc3)(c3ccccc3)C(C)(C)C)C[C@@H](C(=O)[O-])C2)s1.[Li+]. The number of aliphatic carboxylic acids is 1. The fourth-order valence-corrected chi connectivity index (χ4v) is 10.2. The van der Waals surface area contributed by atoms with Crippen molar-refractivity contribution in [3.63, 3.8) is 0 Å². The average Bonchev–Trinajstić information content (AvgIpc) is 3.24. The Bertz CT molecular complexity index is 1050. The first-order valence-electron chi connectivity index (χ1n) is 11.3. The van der Waals surface area contributed by atoms with Crippen molar-refractivity contribution in [3.05, 3.63) is 65.7 Å². The zero-order valence-electron chi connectivity index (χ0n) is 20.5. The molecule has 34 heavy (non-hydrogen) atoms. The van der Waals surface area contributed by atoms with Crippen LogP contribution < -0.4 is 39.2 Å². The molecule has 0 amide bonds. The molecular weight excluding hydrogens is 457 g/mol. The predicted molar refractivity (Wildman–Crippen MR) is 132 cm³/mol. The van der Waals surface area contributed by atoms with Gasteiger partial charge < -0.3 is 19.2 Å². The first kappa shape index (κ1) is 26.6. The smallest absolute Gasteiger partial charge is 0.550 e. The van der Waals surface area contributed by atoms with Gasteiger partial charge in [0, 0.05) is 25.0 Å². The molecule has 1 aromatic heterocycles. The normalized spacial score (nSPS) is 18.9. The predicted octanol–water partition coefficient (Wildman–Crippen LogP) is -0.628. The number of rotatable bonds is 6. The number of carboxylic acids is 1. The van der Waals surface area contributed by atoms with Gasteiger partial charge in [-0.3, -0.25) is 0 Å². The van der Waals surface area contributed by atoms with E-state index in [1.165, 1.54) is 21.7 Å². The molecular formula is C25H30LiN3O3SSi. The second kappa shape index (κ2) is 10.8. The van der Waals surface area contributed by atoms with Crippen LogP contribution in [0.15, 0.2) is 60.7 Å². The van der Waals surface area contributed by atoms with Gasteiger partial charge in [0.25, 0.3) is 8.32 Å². The van der Waals surface area contributed by atoms with Gasteiger partial charge in [0.15, 0.2) is 0 Å². The molecule has 1 saturated heterocycles. The monoisotopic (exact) mass is 487 g/mol. The van der Waals surface area contributed by atoms with Crippen LogP contribution in [0, 0.1) is 12.8 Å². The van der Waals surface area contributed by atoms with Crippen molar-refractivity contribution < 1.29 is 33.2 Å². The summed E-state index contributed by atoms with van der Waals surface area (Å²) in [5.74, 6) is -1.68. The van der Waals surface area contributed by atoms with Crippen LogP contribution >= 0.6 is 11.3 Å². The van der Waals surface area contributed by atoms with Crippen LogP contribution in [0.4, 0.5) is 5.13 Å².